The van der Waals surface area contributed by atoms with Gasteiger partial charge >= 0.3 is 0 Å². The number of aromatic nitrogens is 2. The molecule has 1 fully saturated rings. The number of nitrogens with one attached hydrogen (secondary N) is 2. The number of benzene rings is 1. The lowest BCUT2D eigenvalue weighted by atomic mass is 10.1. The molecule has 1 saturated heterocycles. The number of pyridine rings is 1. The zero-order chi connectivity index (χ0) is 20.6. The summed E-state index contributed by atoms with van der Waals surface area (Å²) in [7, 11) is -3.53. The molecule has 0 aliphatic carbocycles. The predicted molar refractivity (Wildman–Crippen MR) is 109 cm³/mol. The molecule has 4 rings (SSSR count). The van der Waals surface area contributed by atoms with Gasteiger partial charge in [-0.25, -0.2) is 8.42 Å². The molecule has 1 amide bonds. The number of sulfone groups is 1. The van der Waals surface area contributed by atoms with Crippen molar-refractivity contribution < 1.29 is 17.9 Å². The van der Waals surface area contributed by atoms with E-state index in [1.165, 1.54) is 6.07 Å². The van der Waals surface area contributed by atoms with Gasteiger partial charge in [-0.2, -0.15) is 0 Å². The number of carbonyl (C=O) groups is 1. The van der Waals surface area contributed by atoms with Gasteiger partial charge in [0, 0.05) is 30.2 Å². The SMILES string of the molecule is CS(=O)(=O)c1cc2cc(-c3ccccc3OCCN3CCCC3=O)[nH]c2c(=O)[nH]1. The third-order valence-electron chi connectivity index (χ3n) is 4.97. The molecule has 2 N–H and O–H groups in total. The molecule has 3 aromatic rings. The first-order chi connectivity index (χ1) is 13.8. The molecular weight excluding hydrogens is 394 g/mol. The zero-order valence-electron chi connectivity index (χ0n) is 15.9. The Balaban J connectivity index is 1.63. The number of hydrogen-bond donors (Lipinski definition) is 2. The van der Waals surface area contributed by atoms with E-state index in [0.717, 1.165) is 24.8 Å². The molecule has 0 spiro atoms. The number of likely N-dealkylation sites (tertiary alicyclic amines) is 1. The van der Waals surface area contributed by atoms with Crippen LogP contribution in [0.5, 0.6) is 5.75 Å². The highest BCUT2D eigenvalue weighted by molar-refractivity contribution is 7.90. The lowest BCUT2D eigenvalue weighted by Crippen LogP contribution is -2.29. The van der Waals surface area contributed by atoms with Crippen LogP contribution in [0.15, 0.2) is 46.2 Å². The average molecular weight is 415 g/mol. The summed E-state index contributed by atoms with van der Waals surface area (Å²) < 4.78 is 29.5. The quantitative estimate of drug-likeness (QED) is 0.639. The largest absolute Gasteiger partial charge is 0.491 e. The van der Waals surface area contributed by atoms with Crippen molar-refractivity contribution in [2.75, 3.05) is 26.0 Å². The molecule has 1 aliphatic rings. The molecule has 0 saturated carbocycles. The molecule has 2 aromatic heterocycles. The molecular formula is C20H21N3O5S. The first kappa shape index (κ1) is 19.3. The van der Waals surface area contributed by atoms with E-state index >= 15 is 0 Å². The van der Waals surface area contributed by atoms with Crippen molar-refractivity contribution in [3.63, 3.8) is 0 Å². The van der Waals surface area contributed by atoms with Crippen LogP contribution >= 0.6 is 0 Å². The number of H-pyrrole nitrogens is 2. The summed E-state index contributed by atoms with van der Waals surface area (Å²) in [5.41, 5.74) is 1.19. The number of rotatable bonds is 6. The van der Waals surface area contributed by atoms with E-state index in [2.05, 4.69) is 9.97 Å². The van der Waals surface area contributed by atoms with Gasteiger partial charge in [-0.3, -0.25) is 9.59 Å². The lowest BCUT2D eigenvalue weighted by molar-refractivity contribution is -0.128. The maximum Gasteiger partial charge on any atom is 0.273 e. The molecule has 0 unspecified atom stereocenters. The van der Waals surface area contributed by atoms with E-state index in [1.54, 1.807) is 11.0 Å². The van der Waals surface area contributed by atoms with E-state index in [9.17, 15) is 18.0 Å². The minimum atomic E-state index is -3.53. The second-order valence-corrected chi connectivity index (χ2v) is 9.06. The Morgan fingerprint density at radius 3 is 2.66 bits per heavy atom. The minimum absolute atomic E-state index is 0.125. The topological polar surface area (TPSA) is 112 Å². The number of carbonyl (C=O) groups excluding carboxylic acids is 1. The summed E-state index contributed by atoms with van der Waals surface area (Å²) in [6, 6.07) is 10.5. The van der Waals surface area contributed by atoms with Crippen LogP contribution in [0.1, 0.15) is 12.8 Å². The fraction of sp³-hybridized carbons (Fsp3) is 0.300. The van der Waals surface area contributed by atoms with Gasteiger partial charge in [-0.15, -0.1) is 0 Å². The maximum atomic E-state index is 12.3. The molecule has 0 bridgehead atoms. The van der Waals surface area contributed by atoms with Crippen molar-refractivity contribution in [1.29, 1.82) is 0 Å². The van der Waals surface area contributed by atoms with E-state index in [0.29, 0.717) is 41.9 Å². The van der Waals surface area contributed by atoms with Gasteiger partial charge in [0.2, 0.25) is 5.91 Å². The molecule has 1 aliphatic heterocycles. The van der Waals surface area contributed by atoms with Crippen molar-refractivity contribution in [2.24, 2.45) is 0 Å². The van der Waals surface area contributed by atoms with Gasteiger partial charge in [0.25, 0.3) is 5.56 Å². The van der Waals surface area contributed by atoms with E-state index in [1.807, 2.05) is 24.3 Å². The van der Waals surface area contributed by atoms with Crippen molar-refractivity contribution in [3.05, 3.63) is 46.8 Å². The number of aromatic amines is 2. The molecule has 1 aromatic carbocycles. The molecule has 0 radical (unpaired) electrons. The van der Waals surface area contributed by atoms with Crippen molar-refractivity contribution in [3.8, 4) is 17.0 Å². The Labute approximate surface area is 167 Å². The number of fused-ring (bicyclic) bond motifs is 1. The van der Waals surface area contributed by atoms with E-state index in [4.69, 9.17) is 4.74 Å². The number of hydrogen-bond acceptors (Lipinski definition) is 5. The summed E-state index contributed by atoms with van der Waals surface area (Å²) in [6.07, 6.45) is 2.52. The number of ether oxygens (including phenoxy) is 1. The summed E-state index contributed by atoms with van der Waals surface area (Å²) in [5, 5.41) is 0.377. The van der Waals surface area contributed by atoms with Crippen LogP contribution in [0.3, 0.4) is 0 Å². The van der Waals surface area contributed by atoms with Crippen LogP contribution in [0.4, 0.5) is 0 Å². The summed E-state index contributed by atoms with van der Waals surface area (Å²) >= 11 is 0. The molecule has 9 heteroatoms. The highest BCUT2D eigenvalue weighted by atomic mass is 32.2. The van der Waals surface area contributed by atoms with Crippen molar-refractivity contribution in [2.45, 2.75) is 17.9 Å². The monoisotopic (exact) mass is 415 g/mol. The summed E-state index contributed by atoms with van der Waals surface area (Å²) in [5.74, 6) is 0.767. The maximum absolute atomic E-state index is 12.3. The van der Waals surface area contributed by atoms with Crippen molar-refractivity contribution in [1.82, 2.24) is 14.9 Å². The van der Waals surface area contributed by atoms with Gasteiger partial charge in [-0.05, 0) is 30.7 Å². The molecule has 152 valence electrons. The molecule has 0 atom stereocenters. The smallest absolute Gasteiger partial charge is 0.273 e. The predicted octanol–water partition coefficient (Wildman–Crippen LogP) is 1.93. The van der Waals surface area contributed by atoms with Crippen LogP contribution in [-0.2, 0) is 14.6 Å². The Bertz CT molecular complexity index is 1240. The van der Waals surface area contributed by atoms with Gasteiger partial charge in [-0.1, -0.05) is 12.1 Å². The average Bonchev–Trinajstić information content (AvgIpc) is 3.28. The Hall–Kier alpha value is -3.07. The van der Waals surface area contributed by atoms with Crippen LogP contribution < -0.4 is 10.3 Å². The fourth-order valence-electron chi connectivity index (χ4n) is 3.49. The molecule has 8 nitrogen and oxygen atoms in total. The second kappa shape index (κ2) is 7.40. The van der Waals surface area contributed by atoms with Crippen LogP contribution in [0, 0.1) is 0 Å². The summed E-state index contributed by atoms with van der Waals surface area (Å²) in [6.45, 7) is 1.65. The second-order valence-electron chi connectivity index (χ2n) is 7.08. The van der Waals surface area contributed by atoms with Gasteiger partial charge < -0.3 is 19.6 Å². The first-order valence-corrected chi connectivity index (χ1v) is 11.2. The third kappa shape index (κ3) is 3.91. The highest BCUT2D eigenvalue weighted by Gasteiger charge is 2.20. The third-order valence-corrected chi connectivity index (χ3v) is 5.98. The van der Waals surface area contributed by atoms with E-state index < -0.39 is 15.4 Å². The van der Waals surface area contributed by atoms with Crippen molar-refractivity contribution >= 4 is 26.6 Å². The van der Waals surface area contributed by atoms with Gasteiger partial charge in [0.15, 0.2) is 9.84 Å². The first-order valence-electron chi connectivity index (χ1n) is 9.29. The Morgan fingerprint density at radius 2 is 1.93 bits per heavy atom. The minimum Gasteiger partial charge on any atom is -0.491 e. The van der Waals surface area contributed by atoms with Gasteiger partial charge in [0.05, 0.1) is 12.2 Å². The molecule has 3 heterocycles. The Morgan fingerprint density at radius 1 is 1.14 bits per heavy atom. The van der Waals surface area contributed by atoms with Crippen LogP contribution in [0.2, 0.25) is 0 Å². The standard InChI is InChI=1S/C20H21N3O5S/c1-29(26,27)17-12-13-11-15(21-19(13)20(25)22-17)14-5-2-3-6-16(14)28-10-9-23-8-4-7-18(23)24/h2-3,5-6,11-12,21H,4,7-10H2,1H3,(H,22,25). The number of para-hydroxylation sites is 1. The lowest BCUT2D eigenvalue weighted by Gasteiger charge is -2.16. The van der Waals surface area contributed by atoms with Crippen LogP contribution in [-0.4, -0.2) is 55.1 Å². The number of nitrogens with zero attached hydrogens (tertiary/aromatic N) is 1. The van der Waals surface area contributed by atoms with E-state index in [-0.39, 0.29) is 10.9 Å². The highest BCUT2D eigenvalue weighted by Crippen LogP contribution is 2.31. The Kier molecular flexibility index (Phi) is 4.91. The number of amides is 1. The zero-order valence-corrected chi connectivity index (χ0v) is 16.7. The summed E-state index contributed by atoms with van der Waals surface area (Å²) in [4.78, 5) is 31.3. The molecule has 29 heavy (non-hydrogen) atoms. The van der Waals surface area contributed by atoms with Gasteiger partial charge in [0.1, 0.15) is 22.9 Å². The fourth-order valence-corrected chi connectivity index (χ4v) is 4.11. The van der Waals surface area contributed by atoms with Crippen LogP contribution in [0.25, 0.3) is 22.2 Å². The normalized spacial score (nSPS) is 14.7.